The number of alkyl carbamates (subject to hydrolysis) is 1. The average molecular weight is 730 g/mol. The normalized spacial score (nSPS) is 43.4. The Bertz CT molecular complexity index is 1100. The smallest absolute Gasteiger partial charge is 0.407 e. The van der Waals surface area contributed by atoms with Gasteiger partial charge in [0, 0.05) is 30.6 Å². The van der Waals surface area contributed by atoms with Gasteiger partial charge in [0.1, 0.15) is 30.0 Å². The molecule has 0 aromatic rings. The minimum atomic E-state index is -1.80. The fourth-order valence-corrected chi connectivity index (χ4v) is 8.68. The molecule has 3 fully saturated rings. The second-order valence-electron chi connectivity index (χ2n) is 16.8. The number of amides is 1. The third-order valence-corrected chi connectivity index (χ3v) is 11.8. The molecule has 2 aliphatic heterocycles. The summed E-state index contributed by atoms with van der Waals surface area (Å²) in [6.07, 6.45) is -0.779. The van der Waals surface area contributed by atoms with Crippen molar-refractivity contribution in [2.45, 2.75) is 185 Å². The molecule has 1 amide bonds. The Morgan fingerprint density at radius 1 is 1.04 bits per heavy atom. The lowest BCUT2D eigenvalue weighted by molar-refractivity contribution is -0.299. The fraction of sp³-hybridized carbons (Fsp3) is 0.947. The molecule has 5 N–H and O–H groups in total. The Morgan fingerprint density at radius 3 is 2.22 bits per heavy atom. The molecule has 2 saturated heterocycles. The van der Waals surface area contributed by atoms with E-state index in [2.05, 4.69) is 5.32 Å². The van der Waals surface area contributed by atoms with Crippen molar-refractivity contribution in [1.29, 1.82) is 0 Å². The van der Waals surface area contributed by atoms with E-state index in [0.717, 1.165) is 38.5 Å². The Hall–Kier alpha value is -1.58. The summed E-state index contributed by atoms with van der Waals surface area (Å²) in [4.78, 5) is 31.5. The highest BCUT2D eigenvalue weighted by atomic mass is 16.7. The van der Waals surface area contributed by atoms with E-state index in [9.17, 15) is 30.0 Å². The van der Waals surface area contributed by atoms with Gasteiger partial charge in [-0.3, -0.25) is 4.79 Å². The topological polar surface area (TPSA) is 170 Å². The maximum absolute atomic E-state index is 14.0. The molecule has 3 rings (SSSR count). The summed E-state index contributed by atoms with van der Waals surface area (Å²) in [7, 11) is 5.60. The van der Waals surface area contributed by atoms with Crippen LogP contribution in [0.15, 0.2) is 0 Å². The van der Waals surface area contributed by atoms with Gasteiger partial charge in [0.25, 0.3) is 0 Å². The molecule has 298 valence electrons. The maximum Gasteiger partial charge on any atom is 0.407 e. The summed E-state index contributed by atoms with van der Waals surface area (Å²) < 4.78 is 24.9. The number of aliphatic hydroxyl groups excluding tert-OH is 2. The number of nitrogens with one attached hydrogen (secondary N) is 1. The predicted octanol–water partition coefficient (Wildman–Crippen LogP) is 3.43. The van der Waals surface area contributed by atoms with Crippen molar-refractivity contribution in [3.63, 3.8) is 0 Å². The zero-order chi connectivity index (χ0) is 38.4. The van der Waals surface area contributed by atoms with Crippen LogP contribution >= 0.6 is 0 Å². The summed E-state index contributed by atoms with van der Waals surface area (Å²) in [6.45, 7) is 14.4. The van der Waals surface area contributed by atoms with E-state index >= 15 is 0 Å². The fourth-order valence-electron chi connectivity index (χ4n) is 8.68. The van der Waals surface area contributed by atoms with Gasteiger partial charge in [-0.2, -0.15) is 0 Å². The van der Waals surface area contributed by atoms with Gasteiger partial charge in [0.05, 0.1) is 23.7 Å². The van der Waals surface area contributed by atoms with Crippen molar-refractivity contribution in [3.8, 4) is 0 Å². The molecule has 0 aromatic carbocycles. The van der Waals surface area contributed by atoms with E-state index in [1.807, 2.05) is 44.8 Å². The number of aliphatic hydroxyl groups is 4. The van der Waals surface area contributed by atoms with Crippen LogP contribution in [0.25, 0.3) is 0 Å². The maximum atomic E-state index is 14.0. The molecule has 13 nitrogen and oxygen atoms in total. The lowest BCUT2D eigenvalue weighted by Gasteiger charge is -2.47. The Balaban J connectivity index is 2.10. The van der Waals surface area contributed by atoms with Crippen molar-refractivity contribution in [2.24, 2.45) is 17.8 Å². The van der Waals surface area contributed by atoms with Crippen LogP contribution in [-0.4, -0.2) is 142 Å². The monoisotopic (exact) mass is 730 g/mol. The van der Waals surface area contributed by atoms with E-state index in [1.165, 1.54) is 6.92 Å². The second kappa shape index (κ2) is 18.6. The van der Waals surface area contributed by atoms with Crippen LogP contribution in [0, 0.1) is 17.8 Å². The number of hydrogen-bond donors (Lipinski definition) is 5. The lowest BCUT2D eigenvalue weighted by Crippen LogP contribution is -2.59. The van der Waals surface area contributed by atoms with Crippen molar-refractivity contribution in [1.82, 2.24) is 15.1 Å². The van der Waals surface area contributed by atoms with Crippen LogP contribution < -0.4 is 5.32 Å². The minimum Gasteiger partial charge on any atom is -0.459 e. The summed E-state index contributed by atoms with van der Waals surface area (Å²) >= 11 is 0. The lowest BCUT2D eigenvalue weighted by atomic mass is 9.77. The van der Waals surface area contributed by atoms with Crippen LogP contribution in [0.3, 0.4) is 0 Å². The summed E-state index contributed by atoms with van der Waals surface area (Å²) in [5, 5.41) is 50.0. The van der Waals surface area contributed by atoms with Crippen LogP contribution in [0.2, 0.25) is 0 Å². The van der Waals surface area contributed by atoms with Gasteiger partial charge in [-0.1, -0.05) is 46.5 Å². The van der Waals surface area contributed by atoms with Gasteiger partial charge in [-0.15, -0.1) is 0 Å². The molecule has 0 radical (unpaired) electrons. The number of hydrogen-bond acceptors (Lipinski definition) is 12. The average Bonchev–Trinajstić information content (AvgIpc) is 3.32. The van der Waals surface area contributed by atoms with E-state index in [0.29, 0.717) is 13.0 Å². The molecular weight excluding hydrogens is 658 g/mol. The van der Waals surface area contributed by atoms with E-state index in [1.54, 1.807) is 34.6 Å². The molecular formula is C38H71N3O10. The highest BCUT2D eigenvalue weighted by Crippen LogP contribution is 2.37. The minimum absolute atomic E-state index is 0.0638. The van der Waals surface area contributed by atoms with Gasteiger partial charge in [0.2, 0.25) is 0 Å². The number of carbonyl (C=O) groups excluding carboxylic acids is 2. The first kappa shape index (κ1) is 43.8. The molecule has 0 spiro atoms. The summed E-state index contributed by atoms with van der Waals surface area (Å²) in [5.41, 5.74) is -3.37. The van der Waals surface area contributed by atoms with Gasteiger partial charge < -0.3 is 54.5 Å². The molecule has 3 aliphatic rings. The quantitative estimate of drug-likeness (QED) is 0.200. The molecule has 0 bridgehead atoms. The first-order valence-corrected chi connectivity index (χ1v) is 19.4. The molecule has 2 heterocycles. The molecule has 13 heteroatoms. The number of rotatable bonds is 6. The van der Waals surface area contributed by atoms with E-state index in [4.69, 9.17) is 18.9 Å². The van der Waals surface area contributed by atoms with Crippen molar-refractivity contribution in [2.75, 3.05) is 27.7 Å². The van der Waals surface area contributed by atoms with Crippen LogP contribution in [-0.2, 0) is 23.7 Å². The van der Waals surface area contributed by atoms with Crippen molar-refractivity contribution < 1.29 is 49.0 Å². The molecule has 51 heavy (non-hydrogen) atoms. The SMILES string of the molecule is CCC1OC(=O)C(C)C(OC(=O)NC2CCCCCC2)C(C)C(OC2OC(C)CC(N(C)C)C2O)C(C)(O)CC(C)CN(C)C(C)C(O)C1(C)O. The van der Waals surface area contributed by atoms with Crippen molar-refractivity contribution in [3.05, 3.63) is 0 Å². The molecule has 0 aromatic heterocycles. The Kier molecular flexibility index (Phi) is 16.0. The number of ether oxygens (including phenoxy) is 4. The second-order valence-corrected chi connectivity index (χ2v) is 16.8. The molecule has 14 unspecified atom stereocenters. The molecule has 1 saturated carbocycles. The number of cyclic esters (lactones) is 1. The number of likely N-dealkylation sites (N-methyl/N-ethyl adjacent to an activating group) is 2. The van der Waals surface area contributed by atoms with Gasteiger partial charge in [-0.05, 0) is 93.8 Å². The van der Waals surface area contributed by atoms with E-state index < -0.39 is 78.0 Å². The van der Waals surface area contributed by atoms with Gasteiger partial charge >= 0.3 is 12.1 Å². The Labute approximate surface area is 306 Å². The first-order valence-electron chi connectivity index (χ1n) is 19.4. The van der Waals surface area contributed by atoms with Gasteiger partial charge in [-0.25, -0.2) is 4.79 Å². The third-order valence-electron chi connectivity index (χ3n) is 11.8. The third kappa shape index (κ3) is 11.2. The number of esters is 1. The summed E-state index contributed by atoms with van der Waals surface area (Å²) in [6, 6.07) is -0.870. The Morgan fingerprint density at radius 2 is 1.65 bits per heavy atom. The van der Waals surface area contributed by atoms with E-state index in [-0.39, 0.29) is 36.9 Å². The van der Waals surface area contributed by atoms with Crippen molar-refractivity contribution >= 4 is 12.1 Å². The molecule has 14 atom stereocenters. The first-order chi connectivity index (χ1) is 23.7. The predicted molar refractivity (Wildman–Crippen MR) is 194 cm³/mol. The zero-order valence-corrected chi connectivity index (χ0v) is 33.2. The number of nitrogens with zero attached hydrogens (tertiary/aromatic N) is 2. The highest BCUT2D eigenvalue weighted by molar-refractivity contribution is 5.74. The number of carbonyl (C=O) groups is 2. The largest absolute Gasteiger partial charge is 0.459 e. The zero-order valence-electron chi connectivity index (χ0n) is 33.2. The standard InChI is InChI=1S/C38H71N3O10/c1-12-29-38(8,47)32(43)26(6)41(11)21-22(2)20-37(7,46)33(51-35-30(42)28(40(9)10)19-23(3)48-35)24(4)31(25(5)34(44)49-29)50-36(45)39-27-17-15-13-14-16-18-27/h22-33,35,42-43,46-47H,12-21H2,1-11H3,(H,39,45). The van der Waals surface area contributed by atoms with Crippen LogP contribution in [0.1, 0.15) is 113 Å². The summed E-state index contributed by atoms with van der Waals surface area (Å²) in [5.74, 6) is -2.76. The van der Waals surface area contributed by atoms with Crippen LogP contribution in [0.4, 0.5) is 4.79 Å². The molecule has 1 aliphatic carbocycles. The van der Waals surface area contributed by atoms with Crippen LogP contribution in [0.5, 0.6) is 0 Å². The highest BCUT2D eigenvalue weighted by Gasteiger charge is 2.51. The van der Waals surface area contributed by atoms with Gasteiger partial charge in [0.15, 0.2) is 6.29 Å².